The fourth-order valence-corrected chi connectivity index (χ4v) is 10.4. The summed E-state index contributed by atoms with van der Waals surface area (Å²) >= 11 is 6.63. The highest BCUT2D eigenvalue weighted by Gasteiger charge is 2.47. The van der Waals surface area contributed by atoms with Crippen LogP contribution >= 0.6 is 11.6 Å². The van der Waals surface area contributed by atoms with E-state index in [-0.39, 0.29) is 54.0 Å². The molecule has 1 aliphatic carbocycles. The summed E-state index contributed by atoms with van der Waals surface area (Å²) in [6.45, 7) is 10.5. The molecule has 0 radical (unpaired) electrons. The summed E-state index contributed by atoms with van der Waals surface area (Å²) in [5, 5.41) is 9.43. The Balaban J connectivity index is 0.773. The van der Waals surface area contributed by atoms with Crippen molar-refractivity contribution in [1.82, 2.24) is 35.0 Å². The maximum Gasteiger partial charge on any atom is 0.293 e. The van der Waals surface area contributed by atoms with Gasteiger partial charge in [0.1, 0.15) is 11.1 Å². The van der Waals surface area contributed by atoms with Gasteiger partial charge < -0.3 is 34.6 Å². The molecule has 6 heterocycles. The minimum atomic E-state index is -0.616. The minimum absolute atomic E-state index is 0.101. The molecule has 1 saturated carbocycles. The van der Waals surface area contributed by atoms with Crippen LogP contribution in [0.5, 0.6) is 5.75 Å². The Labute approximate surface area is 364 Å². The first-order valence-corrected chi connectivity index (χ1v) is 22.1. The second kappa shape index (κ2) is 16.9. The Kier molecular flexibility index (Phi) is 11.3. The number of benzene rings is 2. The van der Waals surface area contributed by atoms with Crippen LogP contribution < -0.4 is 36.0 Å². The van der Waals surface area contributed by atoms with Crippen molar-refractivity contribution >= 4 is 69.3 Å². The molecule has 3 N–H and O–H groups in total. The van der Waals surface area contributed by atoms with E-state index in [1.54, 1.807) is 21.7 Å². The number of piperidine rings is 2. The lowest BCUT2D eigenvalue weighted by atomic mass is 9.57. The van der Waals surface area contributed by atoms with Gasteiger partial charge >= 0.3 is 0 Å². The number of imide groups is 1. The SMILES string of the molecule is CNC(=O)COc1cc2cc(Nc3nc(N4CCC5(CC4)CC(CN4CCN(c6cccc7c6CN(C6CCC(=O)NC6=O)C7=O)CC4)C5)ncc3Cl)ccc2n(C(C)C)c1=O. The van der Waals surface area contributed by atoms with Crippen molar-refractivity contribution in [3.05, 3.63) is 75.2 Å². The van der Waals surface area contributed by atoms with Crippen molar-refractivity contribution in [2.45, 2.75) is 71.0 Å². The summed E-state index contributed by atoms with van der Waals surface area (Å²) in [5.41, 5.74) is 4.24. The largest absolute Gasteiger partial charge is 0.478 e. The van der Waals surface area contributed by atoms with Gasteiger partial charge in [-0.25, -0.2) is 4.98 Å². The van der Waals surface area contributed by atoms with Gasteiger partial charge in [-0.1, -0.05) is 17.7 Å². The van der Waals surface area contributed by atoms with Crippen LogP contribution in [0.25, 0.3) is 10.9 Å². The van der Waals surface area contributed by atoms with Crippen molar-refractivity contribution in [2.24, 2.45) is 11.3 Å². The minimum Gasteiger partial charge on any atom is -0.478 e. The zero-order chi connectivity index (χ0) is 43.3. The lowest BCUT2D eigenvalue weighted by Gasteiger charge is -2.53. The first-order valence-electron chi connectivity index (χ1n) is 21.7. The number of piperazine rings is 1. The van der Waals surface area contributed by atoms with Crippen LogP contribution in [-0.2, 0) is 20.9 Å². The van der Waals surface area contributed by atoms with Crippen molar-refractivity contribution in [3.63, 3.8) is 0 Å². The van der Waals surface area contributed by atoms with Crippen molar-refractivity contribution in [3.8, 4) is 5.75 Å². The topological polar surface area (TPSA) is 174 Å². The third kappa shape index (κ3) is 8.05. The van der Waals surface area contributed by atoms with Crippen LogP contribution in [0.3, 0.4) is 0 Å². The van der Waals surface area contributed by atoms with E-state index in [1.165, 1.54) is 19.9 Å². The van der Waals surface area contributed by atoms with E-state index in [1.807, 2.05) is 44.2 Å². The van der Waals surface area contributed by atoms with E-state index in [0.29, 0.717) is 46.7 Å². The van der Waals surface area contributed by atoms with Gasteiger partial charge in [0.25, 0.3) is 17.4 Å². The molecule has 0 bridgehead atoms. The van der Waals surface area contributed by atoms with Gasteiger partial charge in [0.2, 0.25) is 17.8 Å². The first-order chi connectivity index (χ1) is 29.9. The van der Waals surface area contributed by atoms with Crippen LogP contribution in [0.15, 0.2) is 53.5 Å². The Morgan fingerprint density at radius 1 is 1.00 bits per heavy atom. The number of hydrogen-bond donors (Lipinski definition) is 3. The van der Waals surface area contributed by atoms with Gasteiger partial charge in [0.15, 0.2) is 18.2 Å². The monoisotopic (exact) mass is 864 g/mol. The van der Waals surface area contributed by atoms with Crippen LogP contribution in [-0.4, -0.2) is 113 Å². The molecule has 5 aliphatic rings. The van der Waals surface area contributed by atoms with Gasteiger partial charge in [-0.2, -0.15) is 4.98 Å². The molecule has 62 heavy (non-hydrogen) atoms. The second-order valence-electron chi connectivity index (χ2n) is 17.8. The van der Waals surface area contributed by atoms with E-state index in [9.17, 15) is 24.0 Å². The molecule has 1 spiro atoms. The number of halogens is 1. The van der Waals surface area contributed by atoms with E-state index >= 15 is 0 Å². The number of nitrogens with one attached hydrogen (secondary N) is 3. The maximum atomic E-state index is 13.4. The highest BCUT2D eigenvalue weighted by atomic mass is 35.5. The molecule has 4 aromatic rings. The van der Waals surface area contributed by atoms with E-state index in [0.717, 1.165) is 86.5 Å². The maximum absolute atomic E-state index is 13.4. The molecule has 2 aromatic carbocycles. The number of ether oxygens (including phenoxy) is 1. The van der Waals surface area contributed by atoms with Gasteiger partial charge in [0.05, 0.1) is 11.7 Å². The second-order valence-corrected chi connectivity index (χ2v) is 18.2. The highest BCUT2D eigenvalue weighted by molar-refractivity contribution is 6.33. The smallest absolute Gasteiger partial charge is 0.293 e. The zero-order valence-electron chi connectivity index (χ0n) is 35.4. The molecule has 4 amide bonds. The molecule has 2 aromatic heterocycles. The number of likely N-dealkylation sites (N-methyl/N-ethyl adjacent to an activating group) is 1. The Hall–Kier alpha value is -5.74. The molecule has 1 atom stereocenters. The highest BCUT2D eigenvalue weighted by Crippen LogP contribution is 2.53. The van der Waals surface area contributed by atoms with Crippen molar-refractivity contribution < 1.29 is 23.9 Å². The van der Waals surface area contributed by atoms with Crippen LogP contribution in [0.1, 0.15) is 74.3 Å². The summed E-state index contributed by atoms with van der Waals surface area (Å²) in [4.78, 5) is 81.1. The molecule has 4 fully saturated rings. The summed E-state index contributed by atoms with van der Waals surface area (Å²) in [5.74, 6) is 0.775. The molecule has 16 nitrogen and oxygen atoms in total. The van der Waals surface area contributed by atoms with E-state index in [2.05, 4.69) is 41.7 Å². The number of hydrogen-bond acceptors (Lipinski definition) is 12. The standard InChI is InChI=1S/C45H53ClN10O6/c1-27(2)56-34-8-7-30(19-29(34)20-37(43(56)61)62-26-39(58)47-3)49-40-33(46)23-48-44(51-40)54-13-11-45(12-14-54)21-28(22-45)24-52-15-17-53(18-16-52)35-6-4-5-31-32(35)25-55(42(31)60)36-9-10-38(57)50-41(36)59/h4-8,19-20,23,27-28,36H,9-18,21-22,24-26H2,1-3H3,(H,47,58)(H,48,49,51)(H,50,57,59). The summed E-state index contributed by atoms with van der Waals surface area (Å²) < 4.78 is 7.29. The predicted molar refractivity (Wildman–Crippen MR) is 236 cm³/mol. The van der Waals surface area contributed by atoms with Gasteiger partial charge in [-0.3, -0.25) is 34.2 Å². The van der Waals surface area contributed by atoms with Crippen LogP contribution in [0.4, 0.5) is 23.1 Å². The molecule has 17 heteroatoms. The third-order valence-corrected chi connectivity index (χ3v) is 13.8. The molecule has 326 valence electrons. The summed E-state index contributed by atoms with van der Waals surface area (Å²) in [7, 11) is 1.52. The third-order valence-electron chi connectivity index (χ3n) is 13.5. The number of amides is 4. The lowest BCUT2D eigenvalue weighted by molar-refractivity contribution is -0.137. The number of fused-ring (bicyclic) bond motifs is 2. The average Bonchev–Trinajstić information content (AvgIpc) is 3.59. The fraction of sp³-hybridized carbons (Fsp3) is 0.489. The average molecular weight is 865 g/mol. The summed E-state index contributed by atoms with van der Waals surface area (Å²) in [6, 6.07) is 12.5. The van der Waals surface area contributed by atoms with Gasteiger partial charge in [-0.15, -0.1) is 0 Å². The zero-order valence-corrected chi connectivity index (χ0v) is 36.2. The van der Waals surface area contributed by atoms with Gasteiger partial charge in [0, 0.05) is 99.8 Å². The molecule has 3 saturated heterocycles. The molecule has 1 unspecified atom stereocenters. The lowest BCUT2D eigenvalue weighted by Crippen LogP contribution is -2.53. The Bertz CT molecular complexity index is 2490. The molecular weight excluding hydrogens is 812 g/mol. The number of rotatable bonds is 11. The Morgan fingerprint density at radius 2 is 1.77 bits per heavy atom. The number of anilines is 4. The predicted octanol–water partition coefficient (Wildman–Crippen LogP) is 4.47. The normalized spacial score (nSPS) is 20.4. The van der Waals surface area contributed by atoms with E-state index < -0.39 is 6.04 Å². The number of aromatic nitrogens is 3. The first kappa shape index (κ1) is 41.6. The number of carbonyl (C=O) groups is 4. The van der Waals surface area contributed by atoms with Crippen LogP contribution in [0.2, 0.25) is 5.02 Å². The number of carbonyl (C=O) groups excluding carboxylic acids is 4. The number of nitrogens with zero attached hydrogens (tertiary/aromatic N) is 7. The molecular formula is C45H53ClN10O6. The van der Waals surface area contributed by atoms with Crippen molar-refractivity contribution in [1.29, 1.82) is 0 Å². The van der Waals surface area contributed by atoms with Gasteiger partial charge in [-0.05, 0) is 93.7 Å². The molecule has 4 aliphatic heterocycles. The molecule has 9 rings (SSSR count). The Morgan fingerprint density at radius 3 is 2.50 bits per heavy atom. The van der Waals surface area contributed by atoms with Crippen LogP contribution in [0, 0.1) is 11.3 Å². The van der Waals surface area contributed by atoms with E-state index in [4.69, 9.17) is 21.3 Å². The quantitative estimate of drug-likeness (QED) is 0.181. The fourth-order valence-electron chi connectivity index (χ4n) is 10.2. The summed E-state index contributed by atoms with van der Waals surface area (Å²) in [6.07, 6.45) is 6.87. The van der Waals surface area contributed by atoms with Crippen molar-refractivity contribution in [2.75, 3.05) is 74.6 Å². The number of pyridine rings is 1.